The Balaban J connectivity index is 2.55. The van der Waals surface area contributed by atoms with Crippen LogP contribution in [0.1, 0.15) is 24.2 Å². The van der Waals surface area contributed by atoms with Crippen molar-refractivity contribution in [2.24, 2.45) is 7.05 Å². The third-order valence-corrected chi connectivity index (χ3v) is 2.46. The molecular formula is C8H14N4. The molecule has 0 fully saturated rings. The molecule has 0 bridgehead atoms. The number of nitrogens with one attached hydrogen (secondary N) is 1. The molecule has 3 N–H and O–H groups in total. The van der Waals surface area contributed by atoms with Crippen molar-refractivity contribution in [2.45, 2.75) is 19.4 Å². The molecule has 0 radical (unpaired) electrons. The van der Waals surface area contributed by atoms with Gasteiger partial charge in [-0.15, -0.1) is 0 Å². The van der Waals surface area contributed by atoms with E-state index in [-0.39, 0.29) is 0 Å². The van der Waals surface area contributed by atoms with Crippen molar-refractivity contribution >= 4 is 5.82 Å². The molecule has 0 aromatic carbocycles. The number of nitrogens with zero attached hydrogens (tertiary/aromatic N) is 2. The molecule has 1 aromatic rings. The summed E-state index contributed by atoms with van der Waals surface area (Å²) >= 11 is 0. The van der Waals surface area contributed by atoms with Gasteiger partial charge in [0, 0.05) is 18.7 Å². The number of hydrogen-bond donors (Lipinski definition) is 2. The van der Waals surface area contributed by atoms with E-state index in [1.807, 2.05) is 11.7 Å². The van der Waals surface area contributed by atoms with Gasteiger partial charge in [0.25, 0.3) is 0 Å². The molecule has 0 spiro atoms. The van der Waals surface area contributed by atoms with Crippen molar-refractivity contribution in [3.8, 4) is 0 Å². The van der Waals surface area contributed by atoms with Crippen LogP contribution in [0.25, 0.3) is 0 Å². The maximum absolute atomic E-state index is 5.76. The molecule has 2 rings (SSSR count). The topological polar surface area (TPSA) is 55.9 Å². The Kier molecular flexibility index (Phi) is 1.58. The lowest BCUT2D eigenvalue weighted by Gasteiger charge is -2.21. The van der Waals surface area contributed by atoms with Crippen molar-refractivity contribution in [1.82, 2.24) is 15.1 Å². The van der Waals surface area contributed by atoms with E-state index in [4.69, 9.17) is 5.73 Å². The zero-order valence-corrected chi connectivity index (χ0v) is 7.46. The second-order valence-electron chi connectivity index (χ2n) is 3.30. The van der Waals surface area contributed by atoms with Crippen LogP contribution in [0.5, 0.6) is 0 Å². The highest BCUT2D eigenvalue weighted by Crippen LogP contribution is 2.25. The summed E-state index contributed by atoms with van der Waals surface area (Å²) in [6.07, 6.45) is 0.999. The minimum absolute atomic E-state index is 0.378. The van der Waals surface area contributed by atoms with E-state index in [0.29, 0.717) is 11.9 Å². The fourth-order valence-corrected chi connectivity index (χ4v) is 1.91. The van der Waals surface area contributed by atoms with Gasteiger partial charge >= 0.3 is 0 Å². The molecule has 1 aliphatic rings. The largest absolute Gasteiger partial charge is 0.382 e. The standard InChI is InChI=1S/C8H14N4/c1-5-7-6(3-4-10-5)8(9)11-12(7)2/h5,10H,3-4H2,1-2H3,(H2,9,11). The van der Waals surface area contributed by atoms with Gasteiger partial charge in [-0.3, -0.25) is 4.68 Å². The Morgan fingerprint density at radius 3 is 3.08 bits per heavy atom. The molecule has 0 saturated heterocycles. The zero-order chi connectivity index (χ0) is 8.72. The first-order valence-electron chi connectivity index (χ1n) is 4.24. The fraction of sp³-hybridized carbons (Fsp3) is 0.625. The molecule has 1 aliphatic heterocycles. The van der Waals surface area contributed by atoms with E-state index >= 15 is 0 Å². The maximum atomic E-state index is 5.76. The van der Waals surface area contributed by atoms with Crippen molar-refractivity contribution in [1.29, 1.82) is 0 Å². The van der Waals surface area contributed by atoms with E-state index in [1.165, 1.54) is 11.3 Å². The van der Waals surface area contributed by atoms with Crippen molar-refractivity contribution in [3.05, 3.63) is 11.3 Å². The molecule has 0 amide bonds. The Bertz CT molecular complexity index is 302. The molecule has 1 atom stereocenters. The third-order valence-electron chi connectivity index (χ3n) is 2.46. The van der Waals surface area contributed by atoms with Crippen molar-refractivity contribution < 1.29 is 0 Å². The average Bonchev–Trinajstić information content (AvgIpc) is 2.29. The van der Waals surface area contributed by atoms with Crippen LogP contribution in [-0.4, -0.2) is 16.3 Å². The fourth-order valence-electron chi connectivity index (χ4n) is 1.91. The van der Waals surface area contributed by atoms with Gasteiger partial charge in [0.2, 0.25) is 0 Å². The number of aryl methyl sites for hydroxylation is 1. The summed E-state index contributed by atoms with van der Waals surface area (Å²) in [7, 11) is 1.94. The van der Waals surface area contributed by atoms with E-state index in [1.54, 1.807) is 0 Å². The van der Waals surface area contributed by atoms with Gasteiger partial charge in [-0.05, 0) is 19.9 Å². The second kappa shape index (κ2) is 2.48. The first-order chi connectivity index (χ1) is 5.70. The minimum atomic E-state index is 0.378. The molecule has 1 aromatic heterocycles. The van der Waals surface area contributed by atoms with E-state index in [9.17, 15) is 0 Å². The first kappa shape index (κ1) is 7.61. The normalized spacial score (nSPS) is 22.3. The van der Waals surface area contributed by atoms with E-state index < -0.39 is 0 Å². The zero-order valence-electron chi connectivity index (χ0n) is 7.46. The third kappa shape index (κ3) is 0.914. The van der Waals surface area contributed by atoms with Crippen LogP contribution < -0.4 is 11.1 Å². The van der Waals surface area contributed by atoms with Crippen LogP contribution in [0.2, 0.25) is 0 Å². The van der Waals surface area contributed by atoms with Crippen molar-refractivity contribution in [2.75, 3.05) is 12.3 Å². The lowest BCUT2D eigenvalue weighted by molar-refractivity contribution is 0.503. The van der Waals surface area contributed by atoms with Crippen molar-refractivity contribution in [3.63, 3.8) is 0 Å². The number of nitrogens with two attached hydrogens (primary N) is 1. The summed E-state index contributed by atoms with van der Waals surface area (Å²) in [5, 5.41) is 7.57. The maximum Gasteiger partial charge on any atom is 0.149 e. The number of nitrogen functional groups attached to an aromatic ring is 1. The number of fused-ring (bicyclic) bond motifs is 1. The van der Waals surface area contributed by atoms with Crippen LogP contribution in [0.4, 0.5) is 5.82 Å². The van der Waals surface area contributed by atoms with E-state index in [0.717, 1.165) is 13.0 Å². The van der Waals surface area contributed by atoms with Gasteiger partial charge in [-0.2, -0.15) is 5.10 Å². The number of hydrogen-bond acceptors (Lipinski definition) is 3. The molecule has 0 saturated carbocycles. The Morgan fingerprint density at radius 1 is 1.67 bits per heavy atom. The summed E-state index contributed by atoms with van der Waals surface area (Å²) in [6.45, 7) is 3.14. The second-order valence-corrected chi connectivity index (χ2v) is 3.30. The van der Waals surface area contributed by atoms with Crippen LogP contribution in [-0.2, 0) is 13.5 Å². The van der Waals surface area contributed by atoms with E-state index in [2.05, 4.69) is 17.3 Å². The highest BCUT2D eigenvalue weighted by Gasteiger charge is 2.22. The summed E-state index contributed by atoms with van der Waals surface area (Å²) in [5.41, 5.74) is 8.23. The van der Waals surface area contributed by atoms with Gasteiger partial charge in [0.15, 0.2) is 0 Å². The van der Waals surface area contributed by atoms with Crippen LogP contribution in [0, 0.1) is 0 Å². The number of aromatic nitrogens is 2. The number of anilines is 1. The molecule has 4 nitrogen and oxygen atoms in total. The minimum Gasteiger partial charge on any atom is -0.382 e. The predicted molar refractivity (Wildman–Crippen MR) is 47.7 cm³/mol. The lowest BCUT2D eigenvalue weighted by Crippen LogP contribution is -2.29. The summed E-state index contributed by atoms with van der Waals surface area (Å²) < 4.78 is 1.88. The average molecular weight is 166 g/mol. The van der Waals surface area contributed by atoms with Gasteiger partial charge in [0.1, 0.15) is 5.82 Å². The van der Waals surface area contributed by atoms with Gasteiger partial charge in [0.05, 0.1) is 5.69 Å². The molecule has 2 heterocycles. The van der Waals surface area contributed by atoms with Crippen LogP contribution in [0.3, 0.4) is 0 Å². The first-order valence-corrected chi connectivity index (χ1v) is 4.24. The highest BCUT2D eigenvalue weighted by atomic mass is 15.3. The molecular weight excluding hydrogens is 152 g/mol. The van der Waals surface area contributed by atoms with Gasteiger partial charge in [-0.1, -0.05) is 0 Å². The molecule has 4 heteroatoms. The van der Waals surface area contributed by atoms with Crippen LogP contribution >= 0.6 is 0 Å². The Morgan fingerprint density at radius 2 is 2.42 bits per heavy atom. The molecule has 12 heavy (non-hydrogen) atoms. The highest BCUT2D eigenvalue weighted by molar-refractivity contribution is 5.45. The lowest BCUT2D eigenvalue weighted by atomic mass is 10.0. The summed E-state index contributed by atoms with van der Waals surface area (Å²) in [5.74, 6) is 0.695. The molecule has 1 unspecified atom stereocenters. The molecule has 66 valence electrons. The monoisotopic (exact) mass is 166 g/mol. The quantitative estimate of drug-likeness (QED) is 0.579. The Hall–Kier alpha value is -1.03. The predicted octanol–water partition coefficient (Wildman–Crippen LogP) is 0.209. The van der Waals surface area contributed by atoms with Gasteiger partial charge < -0.3 is 11.1 Å². The SMILES string of the molecule is CC1NCCc2c(N)nn(C)c21. The van der Waals surface area contributed by atoms with Crippen LogP contribution in [0.15, 0.2) is 0 Å². The Labute approximate surface area is 71.7 Å². The summed E-state index contributed by atoms with van der Waals surface area (Å²) in [6, 6.07) is 0.378. The molecule has 0 aliphatic carbocycles. The summed E-state index contributed by atoms with van der Waals surface area (Å²) in [4.78, 5) is 0. The van der Waals surface area contributed by atoms with Gasteiger partial charge in [-0.25, -0.2) is 0 Å². The number of rotatable bonds is 0. The smallest absolute Gasteiger partial charge is 0.149 e.